The van der Waals surface area contributed by atoms with E-state index in [1.807, 2.05) is 11.1 Å². The number of carbonyl (C=O) groups is 2. The van der Waals surface area contributed by atoms with Crippen molar-refractivity contribution in [1.82, 2.24) is 24.8 Å². The van der Waals surface area contributed by atoms with Crippen molar-refractivity contribution in [2.24, 2.45) is 5.92 Å². The van der Waals surface area contributed by atoms with Gasteiger partial charge < -0.3 is 14.5 Å². The zero-order valence-electron chi connectivity index (χ0n) is 17.1. The first-order valence-corrected chi connectivity index (χ1v) is 10.5. The quantitative estimate of drug-likeness (QED) is 0.699. The van der Waals surface area contributed by atoms with Gasteiger partial charge in [0.2, 0.25) is 5.91 Å². The van der Waals surface area contributed by atoms with Crippen LogP contribution in [0.5, 0.6) is 5.75 Å². The van der Waals surface area contributed by atoms with Gasteiger partial charge in [0.1, 0.15) is 11.8 Å². The van der Waals surface area contributed by atoms with Gasteiger partial charge in [-0.1, -0.05) is 17.3 Å². The van der Waals surface area contributed by atoms with Crippen LogP contribution in [-0.2, 0) is 11.3 Å². The fraction of sp³-hybridized carbons (Fsp3) is 0.524. The smallest absolute Gasteiger partial charge is 0.387 e. The third kappa shape index (κ3) is 4.83. The van der Waals surface area contributed by atoms with Crippen molar-refractivity contribution in [3.8, 4) is 5.75 Å². The Morgan fingerprint density at radius 2 is 1.90 bits per heavy atom. The molecule has 0 aliphatic carbocycles. The minimum atomic E-state index is -3.02. The summed E-state index contributed by atoms with van der Waals surface area (Å²) < 4.78 is 31.8. The van der Waals surface area contributed by atoms with Crippen LogP contribution in [0.2, 0.25) is 0 Å². The number of amides is 2. The van der Waals surface area contributed by atoms with Crippen LogP contribution < -0.4 is 4.74 Å². The zero-order valence-corrected chi connectivity index (χ0v) is 17.1. The Balaban J connectivity index is 1.39. The molecule has 1 atom stereocenters. The van der Waals surface area contributed by atoms with Gasteiger partial charge in [-0.3, -0.25) is 14.3 Å². The molecule has 2 saturated heterocycles. The Kier molecular flexibility index (Phi) is 6.43. The summed E-state index contributed by atoms with van der Waals surface area (Å²) in [6.07, 6.45) is 6.46. The number of aromatic nitrogens is 3. The monoisotopic (exact) mass is 433 g/mol. The van der Waals surface area contributed by atoms with Crippen LogP contribution in [0, 0.1) is 5.92 Å². The molecule has 1 unspecified atom stereocenters. The molecule has 0 radical (unpaired) electrons. The average Bonchev–Trinajstić information content (AvgIpc) is 3.45. The molecule has 0 bridgehead atoms. The number of rotatable bonds is 6. The van der Waals surface area contributed by atoms with Crippen molar-refractivity contribution >= 4 is 11.8 Å². The maximum atomic E-state index is 13.2. The molecule has 0 spiro atoms. The number of piperidine rings is 1. The number of ether oxygens (including phenoxy) is 1. The standard InChI is InChI=1S/C21H25F2N5O3/c22-21(23)31-18-6-2-1-4-16(18)19(29)28-10-3-5-17(28)20(30)26-11-7-15(8-12-26)14-27-13-9-24-25-27/h1-2,4,6,9,13,15,17,21H,3,5,7-8,10-12,14H2. The fourth-order valence-corrected chi connectivity index (χ4v) is 4.40. The summed E-state index contributed by atoms with van der Waals surface area (Å²) in [6, 6.07) is 5.35. The molecule has 10 heteroatoms. The van der Waals surface area contributed by atoms with E-state index in [-0.39, 0.29) is 17.2 Å². The molecule has 2 aliphatic rings. The van der Waals surface area contributed by atoms with E-state index in [1.165, 1.54) is 23.1 Å². The second kappa shape index (κ2) is 9.40. The van der Waals surface area contributed by atoms with Gasteiger partial charge in [0, 0.05) is 32.4 Å². The summed E-state index contributed by atoms with van der Waals surface area (Å²) in [5.41, 5.74) is 0.0500. The van der Waals surface area contributed by atoms with Gasteiger partial charge in [0.05, 0.1) is 11.8 Å². The number of carbonyl (C=O) groups excluding carboxylic acids is 2. The van der Waals surface area contributed by atoms with Gasteiger partial charge in [0.15, 0.2) is 0 Å². The number of hydrogen-bond acceptors (Lipinski definition) is 5. The van der Waals surface area contributed by atoms with Crippen LogP contribution >= 0.6 is 0 Å². The van der Waals surface area contributed by atoms with Crippen LogP contribution in [0.3, 0.4) is 0 Å². The average molecular weight is 433 g/mol. The van der Waals surface area contributed by atoms with E-state index in [0.29, 0.717) is 38.4 Å². The Hall–Kier alpha value is -3.04. The van der Waals surface area contributed by atoms with Crippen molar-refractivity contribution in [3.63, 3.8) is 0 Å². The number of alkyl halides is 2. The highest BCUT2D eigenvalue weighted by Crippen LogP contribution is 2.28. The van der Waals surface area contributed by atoms with Gasteiger partial charge in [-0.05, 0) is 43.7 Å². The number of para-hydroxylation sites is 1. The van der Waals surface area contributed by atoms with Gasteiger partial charge in [-0.2, -0.15) is 8.78 Å². The molecule has 166 valence electrons. The van der Waals surface area contributed by atoms with E-state index in [0.717, 1.165) is 19.4 Å². The Morgan fingerprint density at radius 3 is 2.61 bits per heavy atom. The topological polar surface area (TPSA) is 80.6 Å². The minimum absolute atomic E-state index is 0.0500. The normalized spacial score (nSPS) is 19.8. The molecular weight excluding hydrogens is 408 g/mol. The first-order chi connectivity index (χ1) is 15.0. The van der Waals surface area contributed by atoms with Crippen molar-refractivity contribution in [2.75, 3.05) is 19.6 Å². The molecule has 4 rings (SSSR count). The highest BCUT2D eigenvalue weighted by Gasteiger charge is 2.38. The number of hydrogen-bond donors (Lipinski definition) is 0. The molecule has 1 aromatic carbocycles. The highest BCUT2D eigenvalue weighted by atomic mass is 19.3. The van der Waals surface area contributed by atoms with Crippen molar-refractivity contribution in [2.45, 2.75) is 44.9 Å². The lowest BCUT2D eigenvalue weighted by Gasteiger charge is -2.35. The molecule has 31 heavy (non-hydrogen) atoms. The number of halogens is 2. The maximum Gasteiger partial charge on any atom is 0.387 e. The summed E-state index contributed by atoms with van der Waals surface area (Å²) in [6.45, 7) is -0.578. The largest absolute Gasteiger partial charge is 0.434 e. The first-order valence-electron chi connectivity index (χ1n) is 10.5. The summed E-state index contributed by atoms with van der Waals surface area (Å²) >= 11 is 0. The van der Waals surface area contributed by atoms with Crippen LogP contribution in [0.1, 0.15) is 36.0 Å². The minimum Gasteiger partial charge on any atom is -0.434 e. The Labute approximate surface area is 178 Å². The van der Waals surface area contributed by atoms with E-state index < -0.39 is 18.6 Å². The summed E-state index contributed by atoms with van der Waals surface area (Å²) in [4.78, 5) is 29.6. The molecule has 2 aliphatic heterocycles. The van der Waals surface area contributed by atoms with E-state index in [2.05, 4.69) is 15.0 Å². The summed E-state index contributed by atoms with van der Waals surface area (Å²) in [5, 5.41) is 7.81. The van der Waals surface area contributed by atoms with Gasteiger partial charge in [0.25, 0.3) is 5.91 Å². The molecule has 8 nitrogen and oxygen atoms in total. The second-order valence-corrected chi connectivity index (χ2v) is 7.92. The number of benzene rings is 1. The Morgan fingerprint density at radius 1 is 1.13 bits per heavy atom. The van der Waals surface area contributed by atoms with Crippen molar-refractivity contribution < 1.29 is 23.1 Å². The molecule has 2 amide bonds. The fourth-order valence-electron chi connectivity index (χ4n) is 4.40. The third-order valence-electron chi connectivity index (χ3n) is 5.98. The third-order valence-corrected chi connectivity index (χ3v) is 5.98. The molecule has 3 heterocycles. The zero-order chi connectivity index (χ0) is 21.8. The van der Waals surface area contributed by atoms with Gasteiger partial charge in [-0.25, -0.2) is 0 Å². The van der Waals surface area contributed by atoms with Crippen molar-refractivity contribution in [1.29, 1.82) is 0 Å². The lowest BCUT2D eigenvalue weighted by Crippen LogP contribution is -2.50. The van der Waals surface area contributed by atoms with Gasteiger partial charge >= 0.3 is 6.61 Å². The summed E-state index contributed by atoms with van der Waals surface area (Å²) in [7, 11) is 0. The molecule has 0 N–H and O–H groups in total. The maximum absolute atomic E-state index is 13.2. The molecule has 2 aromatic rings. The van der Waals surface area contributed by atoms with E-state index in [9.17, 15) is 18.4 Å². The SMILES string of the molecule is O=C(C1CCCN1C(=O)c1ccccc1OC(F)F)N1CCC(Cn2ccnn2)CC1. The van der Waals surface area contributed by atoms with Gasteiger partial charge in [-0.15, -0.1) is 5.10 Å². The van der Waals surface area contributed by atoms with Crippen LogP contribution in [0.4, 0.5) is 8.78 Å². The second-order valence-electron chi connectivity index (χ2n) is 7.92. The summed E-state index contributed by atoms with van der Waals surface area (Å²) in [5.74, 6) is -0.273. The van der Waals surface area contributed by atoms with E-state index >= 15 is 0 Å². The predicted octanol–water partition coefficient (Wildman–Crippen LogP) is 2.42. The van der Waals surface area contributed by atoms with E-state index in [4.69, 9.17) is 0 Å². The Bertz CT molecular complexity index is 900. The number of nitrogens with zero attached hydrogens (tertiary/aromatic N) is 5. The van der Waals surface area contributed by atoms with Crippen LogP contribution in [0.25, 0.3) is 0 Å². The van der Waals surface area contributed by atoms with E-state index in [1.54, 1.807) is 16.9 Å². The molecule has 0 saturated carbocycles. The highest BCUT2D eigenvalue weighted by molar-refractivity contribution is 6.00. The first kappa shape index (κ1) is 21.2. The molecular formula is C21H25F2N5O3. The predicted molar refractivity (Wildman–Crippen MR) is 106 cm³/mol. The lowest BCUT2D eigenvalue weighted by molar-refractivity contribution is -0.136. The van der Waals surface area contributed by atoms with Crippen LogP contribution in [0.15, 0.2) is 36.7 Å². The van der Waals surface area contributed by atoms with Crippen molar-refractivity contribution in [3.05, 3.63) is 42.2 Å². The van der Waals surface area contributed by atoms with Crippen LogP contribution in [-0.4, -0.2) is 68.9 Å². The number of likely N-dealkylation sites (tertiary alicyclic amines) is 2. The molecule has 2 fully saturated rings. The lowest BCUT2D eigenvalue weighted by atomic mass is 9.96. The molecule has 1 aromatic heterocycles.